The van der Waals surface area contributed by atoms with Gasteiger partial charge in [-0.2, -0.15) is 0 Å². The number of carbonyl (C=O) groups is 2. The van der Waals surface area contributed by atoms with Crippen LogP contribution >= 0.6 is 0 Å². The molecule has 1 rings (SSSR count). The van der Waals surface area contributed by atoms with E-state index in [0.29, 0.717) is 18.7 Å². The smallest absolute Gasteiger partial charge is 0.305 e. The first kappa shape index (κ1) is 17.9. The van der Waals surface area contributed by atoms with Crippen LogP contribution < -0.4 is 10.1 Å². The molecule has 0 unspecified atom stereocenters. The maximum absolute atomic E-state index is 13.7. The van der Waals surface area contributed by atoms with Crippen LogP contribution in [-0.2, 0) is 9.53 Å². The number of carbonyl (C=O) groups excluding carboxylic acids is 2. The van der Waals surface area contributed by atoms with Crippen molar-refractivity contribution in [3.8, 4) is 5.75 Å². The number of unbranched alkanes of at least 4 members (excludes halogenated alkanes) is 3. The SMILES string of the molecule is COC(=O)CCCCCCNC(=O)c1ccc(OC)cc1F. The molecule has 0 saturated carbocycles. The Labute approximate surface area is 129 Å². The molecular formula is C16H22FNO4. The summed E-state index contributed by atoms with van der Waals surface area (Å²) < 4.78 is 23.1. The molecule has 1 aromatic carbocycles. The number of rotatable bonds is 9. The predicted octanol–water partition coefficient (Wildman–Crippen LogP) is 2.69. The van der Waals surface area contributed by atoms with Crippen LogP contribution in [0.2, 0.25) is 0 Å². The quantitative estimate of drug-likeness (QED) is 0.562. The van der Waals surface area contributed by atoms with Crippen molar-refractivity contribution in [1.82, 2.24) is 5.32 Å². The number of amides is 1. The minimum absolute atomic E-state index is 0.00601. The Morgan fingerprint density at radius 2 is 1.86 bits per heavy atom. The van der Waals surface area contributed by atoms with Gasteiger partial charge in [0, 0.05) is 19.0 Å². The molecule has 0 radical (unpaired) electrons. The molecule has 1 aromatic rings. The highest BCUT2D eigenvalue weighted by atomic mass is 19.1. The third-order valence-electron chi connectivity index (χ3n) is 3.24. The van der Waals surface area contributed by atoms with E-state index in [0.717, 1.165) is 25.7 Å². The van der Waals surface area contributed by atoms with Gasteiger partial charge in [0.2, 0.25) is 0 Å². The molecular weight excluding hydrogens is 289 g/mol. The Kier molecular flexibility index (Phi) is 7.96. The Hall–Kier alpha value is -2.11. The molecule has 0 spiro atoms. The minimum atomic E-state index is -0.602. The third kappa shape index (κ3) is 6.11. The lowest BCUT2D eigenvalue weighted by atomic mass is 10.1. The van der Waals surface area contributed by atoms with Gasteiger partial charge >= 0.3 is 5.97 Å². The van der Waals surface area contributed by atoms with Crippen molar-refractivity contribution in [2.75, 3.05) is 20.8 Å². The van der Waals surface area contributed by atoms with E-state index < -0.39 is 11.7 Å². The van der Waals surface area contributed by atoms with Crippen molar-refractivity contribution in [3.05, 3.63) is 29.6 Å². The zero-order valence-electron chi connectivity index (χ0n) is 13.0. The molecule has 1 N–H and O–H groups in total. The van der Waals surface area contributed by atoms with Gasteiger partial charge in [0.15, 0.2) is 0 Å². The summed E-state index contributed by atoms with van der Waals surface area (Å²) in [5, 5.41) is 2.68. The van der Waals surface area contributed by atoms with Crippen LogP contribution in [0.25, 0.3) is 0 Å². The van der Waals surface area contributed by atoms with E-state index in [9.17, 15) is 14.0 Å². The van der Waals surface area contributed by atoms with Crippen LogP contribution in [0.15, 0.2) is 18.2 Å². The van der Waals surface area contributed by atoms with Gasteiger partial charge in [-0.3, -0.25) is 9.59 Å². The van der Waals surface area contributed by atoms with Gasteiger partial charge in [-0.25, -0.2) is 4.39 Å². The second-order valence-corrected chi connectivity index (χ2v) is 4.84. The monoisotopic (exact) mass is 311 g/mol. The molecule has 0 saturated heterocycles. The van der Waals surface area contributed by atoms with E-state index in [-0.39, 0.29) is 11.5 Å². The van der Waals surface area contributed by atoms with E-state index >= 15 is 0 Å². The fraction of sp³-hybridized carbons (Fsp3) is 0.500. The Morgan fingerprint density at radius 1 is 1.14 bits per heavy atom. The van der Waals surface area contributed by atoms with Crippen molar-refractivity contribution in [2.45, 2.75) is 32.1 Å². The Bertz CT molecular complexity index is 505. The molecule has 6 heteroatoms. The summed E-state index contributed by atoms with van der Waals surface area (Å²) in [5.41, 5.74) is 0.00601. The van der Waals surface area contributed by atoms with E-state index in [1.165, 1.54) is 26.4 Å². The topological polar surface area (TPSA) is 64.6 Å². The van der Waals surface area contributed by atoms with Crippen molar-refractivity contribution in [2.24, 2.45) is 0 Å². The molecule has 1 amide bonds. The van der Waals surface area contributed by atoms with Crippen LogP contribution in [0.1, 0.15) is 42.5 Å². The number of benzene rings is 1. The van der Waals surface area contributed by atoms with Crippen molar-refractivity contribution in [1.29, 1.82) is 0 Å². The Morgan fingerprint density at radius 3 is 2.50 bits per heavy atom. The normalized spacial score (nSPS) is 10.1. The average Bonchev–Trinajstić information content (AvgIpc) is 2.53. The lowest BCUT2D eigenvalue weighted by molar-refractivity contribution is -0.140. The summed E-state index contributed by atoms with van der Waals surface area (Å²) in [6, 6.07) is 4.13. The first-order chi connectivity index (χ1) is 10.6. The Balaban J connectivity index is 2.22. The molecule has 0 bridgehead atoms. The fourth-order valence-corrected chi connectivity index (χ4v) is 1.95. The van der Waals surface area contributed by atoms with Gasteiger partial charge in [0.25, 0.3) is 5.91 Å². The zero-order chi connectivity index (χ0) is 16.4. The maximum Gasteiger partial charge on any atom is 0.305 e. The van der Waals surface area contributed by atoms with Crippen molar-refractivity contribution >= 4 is 11.9 Å². The molecule has 0 aliphatic rings. The van der Waals surface area contributed by atoms with Gasteiger partial charge in [-0.1, -0.05) is 12.8 Å². The molecule has 0 aromatic heterocycles. The summed E-state index contributed by atoms with van der Waals surface area (Å²) in [5.74, 6) is -0.868. The number of hydrogen-bond acceptors (Lipinski definition) is 4. The molecule has 0 aliphatic carbocycles. The molecule has 122 valence electrons. The van der Waals surface area contributed by atoms with Gasteiger partial charge in [-0.05, 0) is 25.0 Å². The second-order valence-electron chi connectivity index (χ2n) is 4.84. The van der Waals surface area contributed by atoms with Crippen LogP contribution in [0.3, 0.4) is 0 Å². The van der Waals surface area contributed by atoms with Crippen LogP contribution in [-0.4, -0.2) is 32.6 Å². The average molecular weight is 311 g/mol. The molecule has 0 heterocycles. The van der Waals surface area contributed by atoms with E-state index in [1.54, 1.807) is 6.07 Å². The van der Waals surface area contributed by atoms with Gasteiger partial charge in [0.05, 0.1) is 19.8 Å². The number of halogens is 1. The standard InChI is InChI=1S/C16H22FNO4/c1-21-12-8-9-13(14(17)11-12)16(20)18-10-6-4-3-5-7-15(19)22-2/h8-9,11H,3-7,10H2,1-2H3,(H,18,20). The first-order valence-corrected chi connectivity index (χ1v) is 7.27. The third-order valence-corrected chi connectivity index (χ3v) is 3.24. The van der Waals surface area contributed by atoms with Crippen molar-refractivity contribution in [3.63, 3.8) is 0 Å². The van der Waals surface area contributed by atoms with Crippen LogP contribution in [0.4, 0.5) is 4.39 Å². The largest absolute Gasteiger partial charge is 0.497 e. The second kappa shape index (κ2) is 9.76. The number of methoxy groups -OCH3 is 2. The zero-order valence-corrected chi connectivity index (χ0v) is 13.0. The highest BCUT2D eigenvalue weighted by Crippen LogP contribution is 2.16. The van der Waals surface area contributed by atoms with E-state index in [1.807, 2.05) is 0 Å². The number of ether oxygens (including phenoxy) is 2. The van der Waals surface area contributed by atoms with Gasteiger partial charge in [-0.15, -0.1) is 0 Å². The van der Waals surface area contributed by atoms with Gasteiger partial charge < -0.3 is 14.8 Å². The predicted molar refractivity (Wildman–Crippen MR) is 80.4 cm³/mol. The number of hydrogen-bond donors (Lipinski definition) is 1. The molecule has 0 aliphatic heterocycles. The summed E-state index contributed by atoms with van der Waals surface area (Å²) in [6.07, 6.45) is 3.75. The molecule has 0 atom stereocenters. The van der Waals surface area contributed by atoms with E-state index in [2.05, 4.69) is 10.1 Å². The summed E-state index contributed by atoms with van der Waals surface area (Å²) in [7, 11) is 2.81. The minimum Gasteiger partial charge on any atom is -0.497 e. The van der Waals surface area contributed by atoms with Gasteiger partial charge in [0.1, 0.15) is 11.6 Å². The van der Waals surface area contributed by atoms with E-state index in [4.69, 9.17) is 4.74 Å². The highest BCUT2D eigenvalue weighted by molar-refractivity contribution is 5.94. The summed E-state index contributed by atoms with van der Waals surface area (Å²) in [6.45, 7) is 0.475. The van der Waals surface area contributed by atoms with Crippen LogP contribution in [0.5, 0.6) is 5.75 Å². The number of esters is 1. The molecule has 0 fully saturated rings. The summed E-state index contributed by atoms with van der Waals surface area (Å²) >= 11 is 0. The number of nitrogens with one attached hydrogen (secondary N) is 1. The fourth-order valence-electron chi connectivity index (χ4n) is 1.95. The summed E-state index contributed by atoms with van der Waals surface area (Å²) in [4.78, 5) is 22.7. The van der Waals surface area contributed by atoms with Crippen LogP contribution in [0, 0.1) is 5.82 Å². The molecule has 22 heavy (non-hydrogen) atoms. The lowest BCUT2D eigenvalue weighted by Gasteiger charge is -2.07. The first-order valence-electron chi connectivity index (χ1n) is 7.27. The lowest BCUT2D eigenvalue weighted by Crippen LogP contribution is -2.25. The maximum atomic E-state index is 13.7. The van der Waals surface area contributed by atoms with Crippen molar-refractivity contribution < 1.29 is 23.5 Å². The molecule has 5 nitrogen and oxygen atoms in total. The highest BCUT2D eigenvalue weighted by Gasteiger charge is 2.11.